The Morgan fingerprint density at radius 3 is 2.10 bits per heavy atom. The van der Waals surface area contributed by atoms with E-state index in [4.69, 9.17) is 52.1 Å². The van der Waals surface area contributed by atoms with Gasteiger partial charge >= 0.3 is 23.9 Å². The van der Waals surface area contributed by atoms with Gasteiger partial charge in [0.05, 0.1) is 52.4 Å². The summed E-state index contributed by atoms with van der Waals surface area (Å²) in [5.41, 5.74) is 2.59. The van der Waals surface area contributed by atoms with Gasteiger partial charge in [0.1, 0.15) is 5.75 Å². The van der Waals surface area contributed by atoms with Crippen molar-refractivity contribution >= 4 is 32.0 Å². The van der Waals surface area contributed by atoms with Crippen LogP contribution in [-0.4, -0.2) is 117 Å². The van der Waals surface area contributed by atoms with Crippen LogP contribution in [0, 0.1) is 11.8 Å². The lowest BCUT2D eigenvalue weighted by Gasteiger charge is -2.49. The number of carbonyl (C=O) groups is 4. The molecule has 6 atom stereocenters. The number of esters is 4. The molecule has 2 aromatic rings. The summed E-state index contributed by atoms with van der Waals surface area (Å²) in [6, 6.07) is 18.7. The van der Waals surface area contributed by atoms with Gasteiger partial charge in [-0.15, -0.1) is 0 Å². The van der Waals surface area contributed by atoms with Crippen LogP contribution in [0.1, 0.15) is 77.8 Å². The number of ether oxygens (including phenoxy) is 11. The predicted octanol–water partition coefficient (Wildman–Crippen LogP) is 8.79. The molecule has 0 spiro atoms. The number of hydrogen-bond donors (Lipinski definition) is 0. The Morgan fingerprint density at radius 2 is 1.51 bits per heavy atom. The monoisotopic (exact) mass is 959 g/mol. The molecule has 16 heteroatoms. The average molecular weight is 959 g/mol. The van der Waals surface area contributed by atoms with E-state index < -0.39 is 44.0 Å². The molecular formula is C51H78O15Si. The minimum Gasteiger partial charge on any atom is -0.497 e. The predicted molar refractivity (Wildman–Crippen MR) is 257 cm³/mol. The van der Waals surface area contributed by atoms with Crippen LogP contribution in [0.25, 0.3) is 0 Å². The molecule has 1 fully saturated rings. The van der Waals surface area contributed by atoms with Gasteiger partial charge in [0, 0.05) is 79.3 Å². The molecule has 1 heterocycles. The molecule has 0 radical (unpaired) electrons. The van der Waals surface area contributed by atoms with Gasteiger partial charge in [-0.25, -0.2) is 9.59 Å². The SMILES string of the molecule is C=CC(=O)OCCCOCC[C@@H](C)CC(=O)OCOCC[Si](C)(C)C.COC(=O)/C=C1\C[C@@H](C[C@@H](OCc2ccc(OC)cc2)[C@@H](C)OCc2ccccc2)O[C@@](OC)(C(C)C)[C@H]1OC(C)=O. The summed E-state index contributed by atoms with van der Waals surface area (Å²) in [4.78, 5) is 47.0. The van der Waals surface area contributed by atoms with Crippen LogP contribution >= 0.6 is 0 Å². The first-order chi connectivity index (χ1) is 31.9. The zero-order valence-electron chi connectivity index (χ0n) is 41.8. The molecule has 0 bridgehead atoms. The molecule has 0 saturated carbocycles. The number of rotatable bonds is 29. The largest absolute Gasteiger partial charge is 0.497 e. The average Bonchev–Trinajstić information content (AvgIpc) is 3.29. The maximum Gasteiger partial charge on any atom is 0.330 e. The highest BCUT2D eigenvalue weighted by Gasteiger charge is 2.53. The van der Waals surface area contributed by atoms with Crippen LogP contribution < -0.4 is 4.74 Å². The number of carbonyl (C=O) groups excluding carboxylic acids is 4. The third kappa shape index (κ3) is 23.4. The highest BCUT2D eigenvalue weighted by Crippen LogP contribution is 2.42. The molecule has 0 amide bonds. The van der Waals surface area contributed by atoms with Crippen LogP contribution in [0.15, 0.2) is 78.9 Å². The molecule has 3 rings (SSSR count). The molecule has 67 heavy (non-hydrogen) atoms. The van der Waals surface area contributed by atoms with Crippen molar-refractivity contribution < 1.29 is 71.3 Å². The first kappa shape index (κ1) is 58.7. The van der Waals surface area contributed by atoms with E-state index in [2.05, 4.69) is 26.2 Å². The van der Waals surface area contributed by atoms with E-state index in [9.17, 15) is 19.2 Å². The van der Waals surface area contributed by atoms with Crippen molar-refractivity contribution in [2.24, 2.45) is 11.8 Å². The fraction of sp³-hybridized carbons (Fsp3) is 0.608. The normalized spacial score (nSPS) is 19.0. The summed E-state index contributed by atoms with van der Waals surface area (Å²) < 4.78 is 61.9. The molecule has 0 aliphatic carbocycles. The number of methoxy groups -OCH3 is 3. The lowest BCUT2D eigenvalue weighted by molar-refractivity contribution is -0.322. The zero-order chi connectivity index (χ0) is 49.8. The Labute approximate surface area is 400 Å². The minimum absolute atomic E-state index is 0.0377. The molecule has 15 nitrogen and oxygen atoms in total. The Kier molecular flexibility index (Phi) is 27.7. The van der Waals surface area contributed by atoms with E-state index >= 15 is 0 Å². The van der Waals surface area contributed by atoms with Gasteiger partial charge in [0.25, 0.3) is 0 Å². The topological polar surface area (TPSA) is 170 Å². The first-order valence-corrected chi connectivity index (χ1v) is 26.8. The smallest absolute Gasteiger partial charge is 0.330 e. The van der Waals surface area contributed by atoms with Gasteiger partial charge in [-0.3, -0.25) is 9.59 Å². The van der Waals surface area contributed by atoms with E-state index in [1.54, 1.807) is 7.11 Å². The fourth-order valence-electron chi connectivity index (χ4n) is 6.88. The summed E-state index contributed by atoms with van der Waals surface area (Å²) in [6.45, 7) is 22.1. The highest BCUT2D eigenvalue weighted by molar-refractivity contribution is 6.76. The van der Waals surface area contributed by atoms with Gasteiger partial charge < -0.3 is 52.1 Å². The standard InChI is InChI=1S/C33H44O9.C18H34O6Si/c1-22(2)33(38-7)32(41-24(4)34)27(18-31(35)37-6)17-29(42-33)19-30(23(3)39-20-25-11-9-8-10-12-25)40-21-26-13-15-28(36-5)16-14-26;1-6-17(19)23-10-7-9-21-11-8-16(2)14-18(20)24-15-22-12-13-25(3,4)5/h8-16,18,22-23,29-30,32H,17,19-21H2,1-7H3;6,16H,1,7-15H2,2-5H3/b27-18+;/t23-,29+,30-,32+,33+;16-/m11/s1. The minimum atomic E-state index is -1.33. The van der Waals surface area contributed by atoms with Crippen LogP contribution in [0.2, 0.25) is 25.7 Å². The molecule has 2 aromatic carbocycles. The lowest BCUT2D eigenvalue weighted by Crippen LogP contribution is -2.59. The van der Waals surface area contributed by atoms with Crippen LogP contribution in [-0.2, 0) is 79.8 Å². The van der Waals surface area contributed by atoms with Crippen LogP contribution in [0.4, 0.5) is 0 Å². The summed E-state index contributed by atoms with van der Waals surface area (Å²) in [5, 5.41) is 0. The first-order valence-electron chi connectivity index (χ1n) is 23.0. The van der Waals surface area contributed by atoms with Crippen molar-refractivity contribution in [2.75, 3.05) is 54.5 Å². The third-order valence-electron chi connectivity index (χ3n) is 10.8. The number of hydrogen-bond acceptors (Lipinski definition) is 15. The lowest BCUT2D eigenvalue weighted by atomic mass is 9.83. The highest BCUT2D eigenvalue weighted by atomic mass is 28.3. The second-order valence-corrected chi connectivity index (χ2v) is 23.6. The molecule has 1 aliphatic rings. The Bertz CT molecular complexity index is 1780. The number of benzene rings is 2. The van der Waals surface area contributed by atoms with Crippen molar-refractivity contribution in [3.05, 3.63) is 90.0 Å². The van der Waals surface area contributed by atoms with Crippen LogP contribution in [0.3, 0.4) is 0 Å². The maximum absolute atomic E-state index is 12.4. The van der Waals surface area contributed by atoms with E-state index in [0.717, 1.165) is 35.4 Å². The van der Waals surface area contributed by atoms with Crippen molar-refractivity contribution in [1.82, 2.24) is 0 Å². The maximum atomic E-state index is 12.4. The molecule has 0 unspecified atom stereocenters. The Hall–Kier alpha value is -4.42. The van der Waals surface area contributed by atoms with E-state index in [-0.39, 0.29) is 36.8 Å². The molecular weight excluding hydrogens is 881 g/mol. The van der Waals surface area contributed by atoms with E-state index in [0.29, 0.717) is 70.9 Å². The summed E-state index contributed by atoms with van der Waals surface area (Å²) >= 11 is 0. The summed E-state index contributed by atoms with van der Waals surface area (Å²) in [6.07, 6.45) is 2.95. The van der Waals surface area contributed by atoms with Gasteiger partial charge in [0.15, 0.2) is 12.9 Å². The van der Waals surface area contributed by atoms with Gasteiger partial charge in [-0.1, -0.05) is 89.5 Å². The van der Waals surface area contributed by atoms with Crippen molar-refractivity contribution in [3.63, 3.8) is 0 Å². The molecule has 1 aliphatic heterocycles. The molecule has 0 aromatic heterocycles. The second kappa shape index (κ2) is 31.6. The summed E-state index contributed by atoms with van der Waals surface area (Å²) in [5.74, 6) is -2.33. The molecule has 1 saturated heterocycles. The Balaban J connectivity index is 0.000000528. The van der Waals surface area contributed by atoms with E-state index in [1.165, 1.54) is 27.2 Å². The fourth-order valence-corrected chi connectivity index (χ4v) is 7.64. The van der Waals surface area contributed by atoms with Crippen molar-refractivity contribution in [1.29, 1.82) is 0 Å². The molecule has 376 valence electrons. The van der Waals surface area contributed by atoms with Gasteiger partial charge in [-0.05, 0) is 60.6 Å². The van der Waals surface area contributed by atoms with Crippen molar-refractivity contribution in [2.45, 2.75) is 136 Å². The van der Waals surface area contributed by atoms with E-state index in [1.807, 2.05) is 82.3 Å². The Morgan fingerprint density at radius 1 is 0.836 bits per heavy atom. The second-order valence-electron chi connectivity index (χ2n) is 18.0. The molecule has 0 N–H and O–H groups in total. The van der Waals surface area contributed by atoms with Gasteiger partial charge in [0.2, 0.25) is 5.79 Å². The van der Waals surface area contributed by atoms with Crippen molar-refractivity contribution in [3.8, 4) is 5.75 Å². The zero-order valence-corrected chi connectivity index (χ0v) is 42.8. The quantitative estimate of drug-likeness (QED) is 0.0189. The van der Waals surface area contributed by atoms with Crippen LogP contribution in [0.5, 0.6) is 5.75 Å². The third-order valence-corrected chi connectivity index (χ3v) is 12.5. The summed E-state index contributed by atoms with van der Waals surface area (Å²) in [7, 11) is 3.34. The van der Waals surface area contributed by atoms with Gasteiger partial charge in [-0.2, -0.15) is 0 Å².